The SMILES string of the molecule is CO/N=C1/C[C@H](c2nc(C)no2)N(C(=O)c2ccc(-c3ccccc3C)cc2)C1. The second kappa shape index (κ2) is 7.87. The van der Waals surface area contributed by atoms with Crippen LogP contribution < -0.4 is 0 Å². The predicted molar refractivity (Wildman–Crippen MR) is 108 cm³/mol. The number of carbonyl (C=O) groups excluding carboxylic acids is 1. The lowest BCUT2D eigenvalue weighted by atomic mass is 9.99. The van der Waals surface area contributed by atoms with Crippen LogP contribution in [0.3, 0.4) is 0 Å². The van der Waals surface area contributed by atoms with Gasteiger partial charge in [0.25, 0.3) is 5.91 Å². The van der Waals surface area contributed by atoms with Crippen molar-refractivity contribution in [2.45, 2.75) is 26.3 Å². The largest absolute Gasteiger partial charge is 0.399 e. The van der Waals surface area contributed by atoms with Crippen LogP contribution in [-0.4, -0.2) is 40.3 Å². The number of oxime groups is 1. The Morgan fingerprint density at radius 2 is 1.93 bits per heavy atom. The molecule has 1 saturated heterocycles. The highest BCUT2D eigenvalue weighted by atomic mass is 16.6. The molecule has 0 aliphatic carbocycles. The minimum atomic E-state index is -0.353. The number of hydrogen-bond acceptors (Lipinski definition) is 6. The molecule has 29 heavy (non-hydrogen) atoms. The van der Waals surface area contributed by atoms with E-state index < -0.39 is 0 Å². The van der Waals surface area contributed by atoms with Crippen molar-refractivity contribution in [3.05, 3.63) is 71.4 Å². The molecule has 0 saturated carbocycles. The first-order valence-electron chi connectivity index (χ1n) is 9.43. The number of amides is 1. The molecular weight excluding hydrogens is 368 g/mol. The highest BCUT2D eigenvalue weighted by Crippen LogP contribution is 2.32. The van der Waals surface area contributed by atoms with Crippen molar-refractivity contribution < 1.29 is 14.2 Å². The number of benzene rings is 2. The molecule has 2 heterocycles. The van der Waals surface area contributed by atoms with E-state index in [9.17, 15) is 4.79 Å². The van der Waals surface area contributed by atoms with Gasteiger partial charge in [0.15, 0.2) is 5.82 Å². The highest BCUT2D eigenvalue weighted by molar-refractivity contribution is 6.00. The zero-order valence-electron chi connectivity index (χ0n) is 16.6. The molecular formula is C22H22N4O3. The molecule has 4 rings (SSSR count). The van der Waals surface area contributed by atoms with Gasteiger partial charge in [0, 0.05) is 12.0 Å². The Hall–Kier alpha value is -3.48. The lowest BCUT2D eigenvalue weighted by molar-refractivity contribution is 0.0713. The van der Waals surface area contributed by atoms with E-state index >= 15 is 0 Å². The zero-order chi connectivity index (χ0) is 20.4. The Morgan fingerprint density at radius 3 is 2.59 bits per heavy atom. The molecule has 0 N–H and O–H groups in total. The number of nitrogens with zero attached hydrogens (tertiary/aromatic N) is 4. The summed E-state index contributed by atoms with van der Waals surface area (Å²) in [5.74, 6) is 0.837. The van der Waals surface area contributed by atoms with Gasteiger partial charge in [-0.25, -0.2) is 0 Å². The van der Waals surface area contributed by atoms with Gasteiger partial charge in [-0.2, -0.15) is 4.98 Å². The average Bonchev–Trinajstić information content (AvgIpc) is 3.34. The molecule has 1 amide bonds. The van der Waals surface area contributed by atoms with E-state index in [1.54, 1.807) is 11.8 Å². The Morgan fingerprint density at radius 1 is 1.17 bits per heavy atom. The maximum Gasteiger partial charge on any atom is 0.254 e. The van der Waals surface area contributed by atoms with Crippen molar-refractivity contribution in [3.63, 3.8) is 0 Å². The summed E-state index contributed by atoms with van der Waals surface area (Å²) in [5, 5.41) is 7.89. The third-order valence-corrected chi connectivity index (χ3v) is 5.06. The Bertz CT molecular complexity index is 1060. The smallest absolute Gasteiger partial charge is 0.254 e. The Kier molecular flexibility index (Phi) is 5.12. The van der Waals surface area contributed by atoms with E-state index in [1.165, 1.54) is 12.7 Å². The first-order valence-corrected chi connectivity index (χ1v) is 9.43. The van der Waals surface area contributed by atoms with Crippen LogP contribution in [0.5, 0.6) is 0 Å². The number of aryl methyl sites for hydroxylation is 2. The average molecular weight is 390 g/mol. The van der Waals surface area contributed by atoms with Gasteiger partial charge in [0.1, 0.15) is 13.2 Å². The third kappa shape index (κ3) is 3.76. The third-order valence-electron chi connectivity index (χ3n) is 5.06. The standard InChI is InChI=1S/C22H22N4O3/c1-14-6-4-5-7-19(14)16-8-10-17(11-9-16)22(27)26-13-18(25-28-3)12-20(26)21-23-15(2)24-29-21/h4-11,20H,12-13H2,1-3H3/b25-18-/t20-/m1/s1. The maximum atomic E-state index is 13.2. The molecule has 148 valence electrons. The monoisotopic (exact) mass is 390 g/mol. The van der Waals surface area contributed by atoms with Crippen molar-refractivity contribution in [2.24, 2.45) is 5.16 Å². The number of aromatic nitrogens is 2. The van der Waals surface area contributed by atoms with Gasteiger partial charge < -0.3 is 14.3 Å². The Balaban J connectivity index is 1.61. The molecule has 1 aliphatic heterocycles. The summed E-state index contributed by atoms with van der Waals surface area (Å²) in [6, 6.07) is 15.5. The summed E-state index contributed by atoms with van der Waals surface area (Å²) in [6.07, 6.45) is 0.502. The fraction of sp³-hybridized carbons (Fsp3) is 0.273. The fourth-order valence-corrected chi connectivity index (χ4v) is 3.64. The number of likely N-dealkylation sites (tertiary alicyclic amines) is 1. The van der Waals surface area contributed by atoms with Crippen molar-refractivity contribution in [3.8, 4) is 11.1 Å². The molecule has 1 aromatic heterocycles. The highest BCUT2D eigenvalue weighted by Gasteiger charge is 2.38. The van der Waals surface area contributed by atoms with Gasteiger partial charge in [-0.1, -0.05) is 46.7 Å². The van der Waals surface area contributed by atoms with E-state index in [0.717, 1.165) is 16.8 Å². The summed E-state index contributed by atoms with van der Waals surface area (Å²) in [6.45, 7) is 4.19. The van der Waals surface area contributed by atoms with Crippen LogP contribution in [0.4, 0.5) is 0 Å². The molecule has 7 nitrogen and oxygen atoms in total. The van der Waals surface area contributed by atoms with Gasteiger partial charge >= 0.3 is 0 Å². The number of rotatable bonds is 4. The topological polar surface area (TPSA) is 80.8 Å². The van der Waals surface area contributed by atoms with Crippen LogP contribution in [0, 0.1) is 13.8 Å². The van der Waals surface area contributed by atoms with Crippen molar-refractivity contribution in [2.75, 3.05) is 13.7 Å². The summed E-state index contributed by atoms with van der Waals surface area (Å²) >= 11 is 0. The lowest BCUT2D eigenvalue weighted by Crippen LogP contribution is -2.31. The number of hydrogen-bond donors (Lipinski definition) is 0. The van der Waals surface area contributed by atoms with E-state index in [4.69, 9.17) is 9.36 Å². The van der Waals surface area contributed by atoms with Crippen LogP contribution in [0.1, 0.15) is 40.1 Å². The van der Waals surface area contributed by atoms with E-state index in [2.05, 4.69) is 34.4 Å². The van der Waals surface area contributed by atoms with Crippen LogP contribution in [0.25, 0.3) is 11.1 Å². The maximum absolute atomic E-state index is 13.2. The van der Waals surface area contributed by atoms with Gasteiger partial charge in [0.2, 0.25) is 5.89 Å². The van der Waals surface area contributed by atoms with Crippen molar-refractivity contribution in [1.82, 2.24) is 15.0 Å². The van der Waals surface area contributed by atoms with Crippen LogP contribution in [0.15, 0.2) is 58.2 Å². The molecule has 0 unspecified atom stereocenters. The van der Waals surface area contributed by atoms with Crippen LogP contribution in [-0.2, 0) is 4.84 Å². The summed E-state index contributed by atoms with van der Waals surface area (Å²) in [4.78, 5) is 24.2. The normalized spacial score (nSPS) is 17.7. The molecule has 1 atom stereocenters. The molecule has 0 spiro atoms. The van der Waals surface area contributed by atoms with Gasteiger partial charge in [0.05, 0.1) is 12.3 Å². The van der Waals surface area contributed by atoms with Gasteiger partial charge in [-0.3, -0.25) is 4.79 Å². The predicted octanol–water partition coefficient (Wildman–Crippen LogP) is 3.94. The second-order valence-corrected chi connectivity index (χ2v) is 7.07. The van der Waals surface area contributed by atoms with Crippen molar-refractivity contribution >= 4 is 11.6 Å². The molecule has 0 radical (unpaired) electrons. The Labute approximate surface area is 169 Å². The van der Waals surface area contributed by atoms with E-state index in [-0.39, 0.29) is 11.9 Å². The summed E-state index contributed by atoms with van der Waals surface area (Å²) in [5.41, 5.74) is 4.78. The van der Waals surface area contributed by atoms with Crippen molar-refractivity contribution in [1.29, 1.82) is 0 Å². The van der Waals surface area contributed by atoms with E-state index in [0.29, 0.717) is 30.2 Å². The number of carbonyl (C=O) groups is 1. The summed E-state index contributed by atoms with van der Waals surface area (Å²) < 4.78 is 5.33. The molecule has 1 aliphatic rings. The quantitative estimate of drug-likeness (QED) is 0.630. The van der Waals surface area contributed by atoms with Crippen LogP contribution in [0.2, 0.25) is 0 Å². The molecule has 0 bridgehead atoms. The molecule has 1 fully saturated rings. The van der Waals surface area contributed by atoms with Gasteiger partial charge in [-0.05, 0) is 42.7 Å². The molecule has 3 aromatic rings. The second-order valence-electron chi connectivity index (χ2n) is 7.07. The summed E-state index contributed by atoms with van der Waals surface area (Å²) in [7, 11) is 1.49. The minimum absolute atomic E-state index is 0.108. The zero-order valence-corrected chi connectivity index (χ0v) is 16.6. The van der Waals surface area contributed by atoms with Crippen LogP contribution >= 0.6 is 0 Å². The fourth-order valence-electron chi connectivity index (χ4n) is 3.64. The first-order chi connectivity index (χ1) is 14.1. The first kappa shape index (κ1) is 18.9. The lowest BCUT2D eigenvalue weighted by Gasteiger charge is -2.21. The molecule has 2 aromatic carbocycles. The van der Waals surface area contributed by atoms with Gasteiger partial charge in [-0.15, -0.1) is 0 Å². The molecule has 7 heteroatoms. The minimum Gasteiger partial charge on any atom is -0.399 e. The van der Waals surface area contributed by atoms with E-state index in [1.807, 2.05) is 36.4 Å².